The third-order valence-electron chi connectivity index (χ3n) is 3.13. The van der Waals surface area contributed by atoms with Crippen molar-refractivity contribution >= 4 is 0 Å². The van der Waals surface area contributed by atoms with Gasteiger partial charge in [0.1, 0.15) is 0 Å². The minimum atomic E-state index is 0.505. The van der Waals surface area contributed by atoms with Gasteiger partial charge < -0.3 is 5.73 Å². The van der Waals surface area contributed by atoms with Gasteiger partial charge in [0.05, 0.1) is 0 Å². The normalized spacial score (nSPS) is 32.5. The smallest absolute Gasteiger partial charge is 0.00671 e. The van der Waals surface area contributed by atoms with Gasteiger partial charge in [-0.15, -0.1) is 0 Å². The van der Waals surface area contributed by atoms with Gasteiger partial charge >= 0.3 is 0 Å². The lowest BCUT2D eigenvalue weighted by atomic mass is 9.85. The summed E-state index contributed by atoms with van der Waals surface area (Å²) in [5, 5.41) is 0. The Morgan fingerprint density at radius 2 is 1.75 bits per heavy atom. The molecule has 2 N–H and O–H groups in total. The van der Waals surface area contributed by atoms with E-state index >= 15 is 0 Å². The van der Waals surface area contributed by atoms with E-state index in [-0.39, 0.29) is 0 Å². The summed E-state index contributed by atoms with van der Waals surface area (Å²) in [5.41, 5.74) is 6.13. The Hall–Kier alpha value is -0.0400. The molecule has 1 rings (SSSR count). The third kappa shape index (κ3) is 3.14. The second-order valence-corrected chi connectivity index (χ2v) is 4.20. The van der Waals surface area contributed by atoms with Crippen LogP contribution in [-0.2, 0) is 0 Å². The fourth-order valence-corrected chi connectivity index (χ4v) is 2.32. The molecular weight excluding hydrogens is 146 g/mol. The molecule has 12 heavy (non-hydrogen) atoms. The molecule has 0 heterocycles. The van der Waals surface area contributed by atoms with E-state index in [2.05, 4.69) is 6.92 Å². The molecule has 0 aromatic heterocycles. The average Bonchev–Trinajstić information content (AvgIpc) is 2.05. The SMILES string of the molecule is CCCC1CCCCCCC1N. The van der Waals surface area contributed by atoms with Crippen LogP contribution in [0.3, 0.4) is 0 Å². The van der Waals surface area contributed by atoms with Crippen molar-refractivity contribution in [3.63, 3.8) is 0 Å². The Morgan fingerprint density at radius 1 is 1.08 bits per heavy atom. The van der Waals surface area contributed by atoms with E-state index in [0.717, 1.165) is 5.92 Å². The van der Waals surface area contributed by atoms with Crippen molar-refractivity contribution in [2.45, 2.75) is 64.3 Å². The predicted octanol–water partition coefficient (Wildman–Crippen LogP) is 3.08. The van der Waals surface area contributed by atoms with E-state index in [1.165, 1.54) is 51.4 Å². The molecular formula is C11H23N. The highest BCUT2D eigenvalue weighted by Crippen LogP contribution is 2.24. The van der Waals surface area contributed by atoms with Gasteiger partial charge in [-0.3, -0.25) is 0 Å². The Morgan fingerprint density at radius 3 is 2.42 bits per heavy atom. The number of rotatable bonds is 2. The topological polar surface area (TPSA) is 26.0 Å². The molecule has 0 aromatic rings. The first-order chi connectivity index (χ1) is 5.84. The van der Waals surface area contributed by atoms with Crippen LogP contribution in [0.4, 0.5) is 0 Å². The van der Waals surface area contributed by atoms with E-state index in [1.807, 2.05) is 0 Å². The van der Waals surface area contributed by atoms with Gasteiger partial charge in [-0.1, -0.05) is 39.0 Å². The molecule has 0 aliphatic heterocycles. The molecule has 2 unspecified atom stereocenters. The Bertz CT molecular complexity index is 112. The second kappa shape index (κ2) is 5.58. The molecule has 72 valence electrons. The van der Waals surface area contributed by atoms with Crippen molar-refractivity contribution in [3.05, 3.63) is 0 Å². The van der Waals surface area contributed by atoms with Gasteiger partial charge in [-0.2, -0.15) is 0 Å². The van der Waals surface area contributed by atoms with E-state index in [4.69, 9.17) is 5.73 Å². The Labute approximate surface area is 76.7 Å². The van der Waals surface area contributed by atoms with E-state index in [9.17, 15) is 0 Å². The lowest BCUT2D eigenvalue weighted by Crippen LogP contribution is -2.30. The molecule has 1 heteroatoms. The lowest BCUT2D eigenvalue weighted by Gasteiger charge is -2.25. The minimum absolute atomic E-state index is 0.505. The van der Waals surface area contributed by atoms with Gasteiger partial charge in [0.25, 0.3) is 0 Å². The van der Waals surface area contributed by atoms with E-state index in [1.54, 1.807) is 0 Å². The number of nitrogens with two attached hydrogens (primary N) is 1. The summed E-state index contributed by atoms with van der Waals surface area (Å²) < 4.78 is 0. The van der Waals surface area contributed by atoms with Crippen molar-refractivity contribution in [1.29, 1.82) is 0 Å². The summed E-state index contributed by atoms with van der Waals surface area (Å²) in [6, 6.07) is 0.505. The Balaban J connectivity index is 2.32. The quantitative estimate of drug-likeness (QED) is 0.675. The molecule has 1 saturated carbocycles. The molecule has 0 spiro atoms. The molecule has 0 saturated heterocycles. The van der Waals surface area contributed by atoms with Crippen LogP contribution in [0.2, 0.25) is 0 Å². The largest absolute Gasteiger partial charge is 0.327 e. The van der Waals surface area contributed by atoms with Crippen molar-refractivity contribution in [2.24, 2.45) is 11.7 Å². The fourth-order valence-electron chi connectivity index (χ4n) is 2.32. The highest BCUT2D eigenvalue weighted by Gasteiger charge is 2.17. The molecule has 1 fully saturated rings. The summed E-state index contributed by atoms with van der Waals surface area (Å²) in [6.45, 7) is 2.27. The van der Waals surface area contributed by atoms with Crippen LogP contribution in [0.15, 0.2) is 0 Å². The summed E-state index contributed by atoms with van der Waals surface area (Å²) in [4.78, 5) is 0. The van der Waals surface area contributed by atoms with Gasteiger partial charge in [0, 0.05) is 6.04 Å². The number of hydrogen-bond acceptors (Lipinski definition) is 1. The van der Waals surface area contributed by atoms with Crippen molar-refractivity contribution in [3.8, 4) is 0 Å². The first kappa shape index (κ1) is 10.0. The zero-order valence-corrected chi connectivity index (χ0v) is 8.39. The average molecular weight is 169 g/mol. The zero-order chi connectivity index (χ0) is 8.81. The summed E-state index contributed by atoms with van der Waals surface area (Å²) in [7, 11) is 0. The molecule has 2 atom stereocenters. The first-order valence-corrected chi connectivity index (χ1v) is 5.60. The molecule has 1 nitrogen and oxygen atoms in total. The van der Waals surface area contributed by atoms with Crippen molar-refractivity contribution < 1.29 is 0 Å². The van der Waals surface area contributed by atoms with Crippen LogP contribution in [-0.4, -0.2) is 6.04 Å². The highest BCUT2D eigenvalue weighted by molar-refractivity contribution is 4.74. The maximum Gasteiger partial charge on any atom is 0.00671 e. The first-order valence-electron chi connectivity index (χ1n) is 5.60. The van der Waals surface area contributed by atoms with Crippen LogP contribution in [0.5, 0.6) is 0 Å². The summed E-state index contributed by atoms with van der Waals surface area (Å²) in [6.07, 6.45) is 10.9. The molecule has 1 aliphatic rings. The van der Waals surface area contributed by atoms with E-state index < -0.39 is 0 Å². The van der Waals surface area contributed by atoms with Crippen LogP contribution < -0.4 is 5.73 Å². The van der Waals surface area contributed by atoms with Crippen LogP contribution in [0.25, 0.3) is 0 Å². The third-order valence-corrected chi connectivity index (χ3v) is 3.13. The molecule has 0 aromatic carbocycles. The van der Waals surface area contributed by atoms with Gasteiger partial charge in [-0.25, -0.2) is 0 Å². The maximum absolute atomic E-state index is 6.13. The van der Waals surface area contributed by atoms with E-state index in [0.29, 0.717) is 6.04 Å². The molecule has 1 aliphatic carbocycles. The predicted molar refractivity (Wildman–Crippen MR) is 54.1 cm³/mol. The van der Waals surface area contributed by atoms with Gasteiger partial charge in [0.2, 0.25) is 0 Å². The minimum Gasteiger partial charge on any atom is -0.327 e. The fraction of sp³-hybridized carbons (Fsp3) is 1.00. The van der Waals surface area contributed by atoms with Gasteiger partial charge in [-0.05, 0) is 25.2 Å². The highest BCUT2D eigenvalue weighted by atomic mass is 14.6. The zero-order valence-electron chi connectivity index (χ0n) is 8.39. The van der Waals surface area contributed by atoms with Crippen LogP contribution in [0.1, 0.15) is 58.3 Å². The second-order valence-electron chi connectivity index (χ2n) is 4.20. The van der Waals surface area contributed by atoms with Crippen molar-refractivity contribution in [2.75, 3.05) is 0 Å². The molecule has 0 amide bonds. The van der Waals surface area contributed by atoms with Crippen LogP contribution in [0, 0.1) is 5.92 Å². The Kier molecular flexibility index (Phi) is 4.67. The summed E-state index contributed by atoms with van der Waals surface area (Å²) >= 11 is 0. The van der Waals surface area contributed by atoms with Gasteiger partial charge in [0.15, 0.2) is 0 Å². The molecule has 0 radical (unpaired) electrons. The lowest BCUT2D eigenvalue weighted by molar-refractivity contribution is 0.311. The molecule has 0 bridgehead atoms. The summed E-state index contributed by atoms with van der Waals surface area (Å²) in [5.74, 6) is 0.829. The number of hydrogen-bond donors (Lipinski definition) is 1. The standard InChI is InChI=1S/C11H23N/c1-2-7-10-8-5-3-4-6-9-11(10)12/h10-11H,2-9,12H2,1H3. The van der Waals surface area contributed by atoms with Crippen LogP contribution >= 0.6 is 0 Å². The van der Waals surface area contributed by atoms with Crippen molar-refractivity contribution in [1.82, 2.24) is 0 Å². The monoisotopic (exact) mass is 169 g/mol. The maximum atomic E-state index is 6.13.